The third kappa shape index (κ3) is 8.22. The molecule has 0 bridgehead atoms. The van der Waals surface area contributed by atoms with E-state index < -0.39 is 43.8 Å². The number of phosphoric ester groups is 1. The minimum absolute atomic E-state index is 0.0305. The minimum atomic E-state index is -4.93. The summed E-state index contributed by atoms with van der Waals surface area (Å²) in [5, 5.41) is 42.4. The van der Waals surface area contributed by atoms with Crippen molar-refractivity contribution in [3.05, 3.63) is 0 Å². The quantitative estimate of drug-likeness (QED) is 0.143. The van der Waals surface area contributed by atoms with E-state index >= 15 is 0 Å². The van der Waals surface area contributed by atoms with Crippen molar-refractivity contribution in [2.75, 3.05) is 13.2 Å². The molecule has 0 aliphatic rings. The van der Waals surface area contributed by atoms with Gasteiger partial charge in [0.05, 0.1) is 6.61 Å². The zero-order chi connectivity index (χ0) is 22.7. The molecule has 0 aromatic heterocycles. The largest absolute Gasteiger partial charge is 0.479 e. The van der Waals surface area contributed by atoms with Crippen molar-refractivity contribution in [1.29, 1.82) is 0 Å². The van der Waals surface area contributed by atoms with E-state index in [4.69, 9.17) is 14.5 Å². The van der Waals surface area contributed by atoms with Crippen LogP contribution in [0.3, 0.4) is 0 Å². The Balaban J connectivity index is 6.08. The smallest absolute Gasteiger partial charge is 0.469 e. The molecule has 0 aliphatic carbocycles. The van der Waals surface area contributed by atoms with Gasteiger partial charge in [-0.1, -0.05) is 52.9 Å². The summed E-state index contributed by atoms with van der Waals surface area (Å²) in [6, 6.07) is 0. The van der Waals surface area contributed by atoms with Crippen LogP contribution in [-0.4, -0.2) is 72.8 Å². The zero-order valence-electron chi connectivity index (χ0n) is 17.5. The Morgan fingerprint density at radius 1 is 1.00 bits per heavy atom. The number of aliphatic carboxylic acids is 1. The maximum Gasteiger partial charge on any atom is 0.469 e. The summed E-state index contributed by atoms with van der Waals surface area (Å²) in [5.74, 6) is -1.47. The fraction of sp³-hybridized carbons (Fsp3) is 0.944. The van der Waals surface area contributed by atoms with Crippen LogP contribution in [0.4, 0.5) is 0 Å². The SMILES string of the molecule is CCCCO[C@@](CCCC)(C(=O)O)C(O)(CCCC)C(O)C(O)COP(=O)(O)O. The number of carbonyl (C=O) groups is 1. The molecule has 0 radical (unpaired) electrons. The number of ether oxygens (including phenoxy) is 1. The molecule has 4 atom stereocenters. The summed E-state index contributed by atoms with van der Waals surface area (Å²) < 4.78 is 20.8. The van der Waals surface area contributed by atoms with E-state index in [0.29, 0.717) is 32.1 Å². The van der Waals surface area contributed by atoms with Gasteiger partial charge in [0.25, 0.3) is 0 Å². The topological polar surface area (TPSA) is 174 Å². The first-order chi connectivity index (χ1) is 13.4. The van der Waals surface area contributed by atoms with Gasteiger partial charge in [0.1, 0.15) is 17.8 Å². The molecule has 0 amide bonds. The highest BCUT2D eigenvalue weighted by atomic mass is 31.2. The molecule has 0 saturated heterocycles. The van der Waals surface area contributed by atoms with Crippen LogP contribution in [0.1, 0.15) is 72.1 Å². The highest BCUT2D eigenvalue weighted by Gasteiger charge is 2.61. The molecule has 0 fully saturated rings. The van der Waals surface area contributed by atoms with Crippen LogP contribution in [0.2, 0.25) is 0 Å². The summed E-state index contributed by atoms with van der Waals surface area (Å²) in [6.07, 6.45) is -1.17. The first-order valence-electron chi connectivity index (χ1n) is 10.1. The van der Waals surface area contributed by atoms with Gasteiger partial charge in [0, 0.05) is 6.61 Å². The summed E-state index contributed by atoms with van der Waals surface area (Å²) in [7, 11) is -4.93. The molecule has 29 heavy (non-hydrogen) atoms. The molecule has 3 unspecified atom stereocenters. The van der Waals surface area contributed by atoms with E-state index in [2.05, 4.69) is 4.52 Å². The Morgan fingerprint density at radius 2 is 1.52 bits per heavy atom. The van der Waals surface area contributed by atoms with Gasteiger partial charge < -0.3 is 34.9 Å². The fourth-order valence-corrected chi connectivity index (χ4v) is 3.55. The monoisotopic (exact) mass is 444 g/mol. The van der Waals surface area contributed by atoms with Crippen LogP contribution in [0.25, 0.3) is 0 Å². The molecule has 11 heteroatoms. The second-order valence-electron chi connectivity index (χ2n) is 7.26. The van der Waals surface area contributed by atoms with E-state index in [-0.39, 0.29) is 19.4 Å². The van der Waals surface area contributed by atoms with Crippen molar-refractivity contribution >= 4 is 13.8 Å². The molecule has 174 valence electrons. The lowest BCUT2D eigenvalue weighted by atomic mass is 9.71. The van der Waals surface area contributed by atoms with Crippen molar-refractivity contribution in [2.24, 2.45) is 0 Å². The predicted octanol–water partition coefficient (Wildman–Crippen LogP) is 1.57. The minimum Gasteiger partial charge on any atom is -0.479 e. The normalized spacial score (nSPS) is 18.6. The Morgan fingerprint density at radius 3 is 1.97 bits per heavy atom. The molecular weight excluding hydrogens is 407 g/mol. The number of phosphoric acid groups is 1. The third-order valence-electron chi connectivity index (χ3n) is 4.95. The van der Waals surface area contributed by atoms with E-state index in [9.17, 15) is 29.8 Å². The Kier molecular flexibility index (Phi) is 12.7. The average molecular weight is 444 g/mol. The first kappa shape index (κ1) is 28.4. The number of hydrogen-bond acceptors (Lipinski definition) is 7. The number of carboxylic acids is 1. The van der Waals surface area contributed by atoms with Crippen LogP contribution in [0.15, 0.2) is 0 Å². The number of aliphatic hydroxyl groups is 3. The van der Waals surface area contributed by atoms with Gasteiger partial charge in [-0.2, -0.15) is 0 Å². The zero-order valence-corrected chi connectivity index (χ0v) is 18.4. The Bertz CT molecular complexity index is 525. The van der Waals surface area contributed by atoms with Gasteiger partial charge in [-0.15, -0.1) is 0 Å². The van der Waals surface area contributed by atoms with E-state index in [1.807, 2.05) is 20.8 Å². The fourth-order valence-electron chi connectivity index (χ4n) is 3.20. The number of carboxylic acid groups (broad SMARTS) is 1. The summed E-state index contributed by atoms with van der Waals surface area (Å²) >= 11 is 0. The second-order valence-corrected chi connectivity index (χ2v) is 8.50. The molecular formula is C18H37O10P. The first-order valence-corrected chi connectivity index (χ1v) is 11.6. The second kappa shape index (κ2) is 13.0. The van der Waals surface area contributed by atoms with Crippen LogP contribution >= 0.6 is 7.82 Å². The van der Waals surface area contributed by atoms with Crippen molar-refractivity contribution in [3.63, 3.8) is 0 Å². The van der Waals surface area contributed by atoms with Crippen LogP contribution in [0, 0.1) is 0 Å². The van der Waals surface area contributed by atoms with Gasteiger partial charge in [-0.25, -0.2) is 9.36 Å². The highest BCUT2D eigenvalue weighted by molar-refractivity contribution is 7.46. The van der Waals surface area contributed by atoms with Crippen molar-refractivity contribution < 1.29 is 48.8 Å². The molecule has 0 saturated carbocycles. The molecule has 0 spiro atoms. The summed E-state index contributed by atoms with van der Waals surface area (Å²) in [5.41, 5.74) is -4.61. The molecule has 0 aromatic rings. The average Bonchev–Trinajstić information content (AvgIpc) is 2.65. The van der Waals surface area contributed by atoms with Gasteiger partial charge in [0.2, 0.25) is 0 Å². The van der Waals surface area contributed by atoms with Crippen LogP contribution in [0.5, 0.6) is 0 Å². The number of rotatable bonds is 17. The lowest BCUT2D eigenvalue weighted by Crippen LogP contribution is -2.69. The molecule has 6 N–H and O–H groups in total. The lowest BCUT2D eigenvalue weighted by Gasteiger charge is -2.47. The van der Waals surface area contributed by atoms with E-state index in [1.165, 1.54) is 0 Å². The van der Waals surface area contributed by atoms with Crippen molar-refractivity contribution in [1.82, 2.24) is 0 Å². The molecule has 0 rings (SSSR count). The van der Waals surface area contributed by atoms with Crippen LogP contribution in [-0.2, 0) is 18.6 Å². The van der Waals surface area contributed by atoms with Gasteiger partial charge in [0.15, 0.2) is 5.60 Å². The summed E-state index contributed by atoms with van der Waals surface area (Å²) in [4.78, 5) is 30.0. The molecule has 0 aliphatic heterocycles. The highest BCUT2D eigenvalue weighted by Crippen LogP contribution is 2.41. The maximum atomic E-state index is 12.3. The van der Waals surface area contributed by atoms with Gasteiger partial charge >= 0.3 is 13.8 Å². The third-order valence-corrected chi connectivity index (χ3v) is 5.44. The lowest BCUT2D eigenvalue weighted by molar-refractivity contribution is -0.253. The van der Waals surface area contributed by atoms with Gasteiger partial charge in [-0.3, -0.25) is 4.52 Å². The van der Waals surface area contributed by atoms with Crippen molar-refractivity contribution in [2.45, 2.75) is 95.5 Å². The number of hydrogen-bond donors (Lipinski definition) is 6. The Labute approximate surface area is 172 Å². The molecule has 0 aromatic carbocycles. The number of unbranched alkanes of at least 4 members (excludes halogenated alkanes) is 3. The van der Waals surface area contributed by atoms with E-state index in [1.54, 1.807) is 0 Å². The summed E-state index contributed by atoms with van der Waals surface area (Å²) in [6.45, 7) is 4.58. The standard InChI is InChI=1S/C18H37O10P/c1-4-7-10-17(23,15(20)14(19)13-28-29(24,25)26)18(16(21)22,11-8-5-2)27-12-9-6-3/h14-15,19-20,23H,4-13H2,1-3H3,(H,21,22)(H2,24,25,26)/t14?,15?,17?,18-/m0/s1. The Hall–Kier alpha value is -0.580. The predicted molar refractivity (Wildman–Crippen MR) is 105 cm³/mol. The van der Waals surface area contributed by atoms with Crippen LogP contribution < -0.4 is 0 Å². The van der Waals surface area contributed by atoms with Gasteiger partial charge in [-0.05, 0) is 19.3 Å². The molecule has 0 heterocycles. The van der Waals surface area contributed by atoms with E-state index in [0.717, 1.165) is 6.42 Å². The maximum absolute atomic E-state index is 12.3. The number of aliphatic hydroxyl groups excluding tert-OH is 2. The molecule has 10 nitrogen and oxygen atoms in total. The van der Waals surface area contributed by atoms with Crippen molar-refractivity contribution in [3.8, 4) is 0 Å².